The van der Waals surface area contributed by atoms with Crippen molar-refractivity contribution >= 4 is 5.69 Å². The van der Waals surface area contributed by atoms with E-state index in [-0.39, 0.29) is 0 Å². The number of aryl methyl sites for hydroxylation is 2. The van der Waals surface area contributed by atoms with E-state index in [4.69, 9.17) is 10.5 Å². The first-order valence-corrected chi connectivity index (χ1v) is 5.09. The van der Waals surface area contributed by atoms with Gasteiger partial charge in [-0.1, -0.05) is 0 Å². The Hall–Kier alpha value is -1.97. The molecule has 0 aliphatic carbocycles. The number of H-pyrrole nitrogens is 1. The lowest BCUT2D eigenvalue weighted by molar-refractivity contribution is 0.415. The molecule has 3 N–H and O–H groups in total. The van der Waals surface area contributed by atoms with Crippen molar-refractivity contribution < 1.29 is 4.74 Å². The van der Waals surface area contributed by atoms with Crippen LogP contribution in [-0.4, -0.2) is 17.1 Å². The Morgan fingerprint density at radius 1 is 1.31 bits per heavy atom. The Balaban J connectivity index is 2.48. The molecule has 0 amide bonds. The van der Waals surface area contributed by atoms with Gasteiger partial charge in [0.25, 0.3) is 0 Å². The van der Waals surface area contributed by atoms with E-state index < -0.39 is 0 Å². The molecule has 0 atom stereocenters. The molecule has 0 aliphatic rings. The summed E-state index contributed by atoms with van der Waals surface area (Å²) < 4.78 is 5.10. The number of hydrogen-bond acceptors (Lipinski definition) is 3. The van der Waals surface area contributed by atoms with Gasteiger partial charge in [0.2, 0.25) is 0 Å². The number of nitrogens with one attached hydrogen (secondary N) is 1. The highest BCUT2D eigenvalue weighted by Crippen LogP contribution is 2.27. The maximum absolute atomic E-state index is 5.95. The topological polar surface area (TPSA) is 63.9 Å². The van der Waals surface area contributed by atoms with Gasteiger partial charge >= 0.3 is 0 Å². The van der Waals surface area contributed by atoms with Crippen molar-refractivity contribution in [3.05, 3.63) is 29.6 Å². The van der Waals surface area contributed by atoms with Crippen molar-refractivity contribution in [2.75, 3.05) is 12.8 Å². The van der Waals surface area contributed by atoms with E-state index in [2.05, 4.69) is 9.97 Å². The number of nitrogen functional groups attached to an aromatic ring is 1. The number of rotatable bonds is 2. The Morgan fingerprint density at radius 2 is 2.06 bits per heavy atom. The van der Waals surface area contributed by atoms with Crippen LogP contribution >= 0.6 is 0 Å². The number of imidazole rings is 1. The highest BCUT2D eigenvalue weighted by molar-refractivity contribution is 5.73. The summed E-state index contributed by atoms with van der Waals surface area (Å²) in [4.78, 5) is 7.63. The van der Waals surface area contributed by atoms with Gasteiger partial charge in [-0.2, -0.15) is 0 Å². The van der Waals surface area contributed by atoms with Crippen LogP contribution in [0.4, 0.5) is 5.69 Å². The average Bonchev–Trinajstić information content (AvgIpc) is 2.58. The molecule has 4 nitrogen and oxygen atoms in total. The smallest absolute Gasteiger partial charge is 0.139 e. The van der Waals surface area contributed by atoms with E-state index in [1.165, 1.54) is 0 Å². The molecule has 1 heterocycles. The molecule has 16 heavy (non-hydrogen) atoms. The lowest BCUT2D eigenvalue weighted by Gasteiger charge is -2.05. The van der Waals surface area contributed by atoms with E-state index in [9.17, 15) is 0 Å². The third kappa shape index (κ3) is 1.74. The van der Waals surface area contributed by atoms with Gasteiger partial charge in [0, 0.05) is 23.0 Å². The molecular weight excluding hydrogens is 202 g/mol. The lowest BCUT2D eigenvalue weighted by atomic mass is 10.1. The second-order valence-electron chi connectivity index (χ2n) is 3.75. The number of anilines is 1. The van der Waals surface area contributed by atoms with Crippen LogP contribution in [0.3, 0.4) is 0 Å². The van der Waals surface area contributed by atoms with Gasteiger partial charge in [-0.3, -0.25) is 0 Å². The SMILES string of the molecule is COc1ccc(-c2nc(C)c(C)[nH]2)c(N)c1. The lowest BCUT2D eigenvalue weighted by Crippen LogP contribution is -1.93. The van der Waals surface area contributed by atoms with Crippen molar-refractivity contribution in [1.82, 2.24) is 9.97 Å². The average molecular weight is 217 g/mol. The maximum Gasteiger partial charge on any atom is 0.139 e. The number of nitrogens with two attached hydrogens (primary N) is 1. The number of ether oxygens (including phenoxy) is 1. The normalized spacial score (nSPS) is 10.4. The molecule has 0 saturated heterocycles. The molecule has 1 aromatic heterocycles. The van der Waals surface area contributed by atoms with Crippen LogP contribution in [0.5, 0.6) is 5.75 Å². The van der Waals surface area contributed by atoms with Crippen LogP contribution < -0.4 is 10.5 Å². The standard InChI is InChI=1S/C12H15N3O/c1-7-8(2)15-12(14-7)10-5-4-9(16-3)6-11(10)13/h4-6H,13H2,1-3H3,(H,14,15). The molecule has 0 radical (unpaired) electrons. The van der Waals surface area contributed by atoms with Crippen LogP contribution in [0.1, 0.15) is 11.4 Å². The number of benzene rings is 1. The molecule has 2 rings (SSSR count). The molecule has 4 heteroatoms. The van der Waals surface area contributed by atoms with Crippen molar-refractivity contribution in [3.8, 4) is 17.1 Å². The number of nitrogens with zero attached hydrogens (tertiary/aromatic N) is 1. The summed E-state index contributed by atoms with van der Waals surface area (Å²) in [7, 11) is 1.62. The fourth-order valence-electron chi connectivity index (χ4n) is 1.56. The van der Waals surface area contributed by atoms with E-state index in [0.717, 1.165) is 28.5 Å². The Labute approximate surface area is 94.5 Å². The molecule has 0 unspecified atom stereocenters. The second kappa shape index (κ2) is 3.89. The number of aromatic amines is 1. The number of aromatic nitrogens is 2. The molecule has 84 valence electrons. The van der Waals surface area contributed by atoms with Gasteiger partial charge in [0.05, 0.1) is 12.8 Å². The zero-order valence-electron chi connectivity index (χ0n) is 9.66. The summed E-state index contributed by atoms with van der Waals surface area (Å²) in [5, 5.41) is 0. The zero-order chi connectivity index (χ0) is 11.7. The van der Waals surface area contributed by atoms with Gasteiger partial charge in [-0.15, -0.1) is 0 Å². The molecule has 0 spiro atoms. The first kappa shape index (κ1) is 10.5. The summed E-state index contributed by atoms with van der Waals surface area (Å²) in [6.45, 7) is 3.96. The third-order valence-electron chi connectivity index (χ3n) is 2.64. The minimum absolute atomic E-state index is 0.660. The highest BCUT2D eigenvalue weighted by atomic mass is 16.5. The van der Waals surface area contributed by atoms with Crippen LogP contribution in [0, 0.1) is 13.8 Å². The van der Waals surface area contributed by atoms with E-state index >= 15 is 0 Å². The van der Waals surface area contributed by atoms with Crippen LogP contribution in [0.15, 0.2) is 18.2 Å². The van der Waals surface area contributed by atoms with Gasteiger partial charge < -0.3 is 15.5 Å². The molecule has 0 fully saturated rings. The molecule has 0 saturated carbocycles. The maximum atomic E-state index is 5.95. The monoisotopic (exact) mass is 217 g/mol. The first-order valence-electron chi connectivity index (χ1n) is 5.09. The largest absolute Gasteiger partial charge is 0.497 e. The molecule has 1 aromatic carbocycles. The van der Waals surface area contributed by atoms with Crippen molar-refractivity contribution in [3.63, 3.8) is 0 Å². The second-order valence-corrected chi connectivity index (χ2v) is 3.75. The van der Waals surface area contributed by atoms with Gasteiger partial charge in [-0.05, 0) is 26.0 Å². The first-order chi connectivity index (χ1) is 7.61. The summed E-state index contributed by atoms with van der Waals surface area (Å²) >= 11 is 0. The highest BCUT2D eigenvalue weighted by Gasteiger charge is 2.09. The summed E-state index contributed by atoms with van der Waals surface area (Å²) in [6.07, 6.45) is 0. The summed E-state index contributed by atoms with van der Waals surface area (Å²) in [6, 6.07) is 5.58. The fraction of sp³-hybridized carbons (Fsp3) is 0.250. The number of hydrogen-bond donors (Lipinski definition) is 2. The van der Waals surface area contributed by atoms with Crippen molar-refractivity contribution in [2.45, 2.75) is 13.8 Å². The summed E-state index contributed by atoms with van der Waals surface area (Å²) in [5.74, 6) is 1.55. The quantitative estimate of drug-likeness (QED) is 0.758. The Bertz CT molecular complexity index is 497. The van der Waals surface area contributed by atoms with Gasteiger partial charge in [0.15, 0.2) is 0 Å². The van der Waals surface area contributed by atoms with Crippen LogP contribution in [0.2, 0.25) is 0 Å². The van der Waals surface area contributed by atoms with Crippen molar-refractivity contribution in [2.24, 2.45) is 0 Å². The molecule has 0 bridgehead atoms. The molecule has 2 aromatic rings. The van der Waals surface area contributed by atoms with E-state index in [0.29, 0.717) is 5.69 Å². The zero-order valence-corrected chi connectivity index (χ0v) is 9.66. The van der Waals surface area contributed by atoms with Crippen molar-refractivity contribution in [1.29, 1.82) is 0 Å². The van der Waals surface area contributed by atoms with Gasteiger partial charge in [-0.25, -0.2) is 4.98 Å². The third-order valence-corrected chi connectivity index (χ3v) is 2.64. The van der Waals surface area contributed by atoms with Gasteiger partial charge in [0.1, 0.15) is 11.6 Å². The Morgan fingerprint density at radius 3 is 2.56 bits per heavy atom. The minimum Gasteiger partial charge on any atom is -0.497 e. The van der Waals surface area contributed by atoms with Crippen LogP contribution in [-0.2, 0) is 0 Å². The number of methoxy groups -OCH3 is 1. The molecule has 0 aliphatic heterocycles. The molecular formula is C12H15N3O. The van der Waals surface area contributed by atoms with E-state index in [1.807, 2.05) is 26.0 Å². The fourth-order valence-corrected chi connectivity index (χ4v) is 1.56. The minimum atomic E-state index is 0.660. The summed E-state index contributed by atoms with van der Waals surface area (Å²) in [5.41, 5.74) is 9.56. The predicted molar refractivity (Wildman–Crippen MR) is 64.5 cm³/mol. The van der Waals surface area contributed by atoms with E-state index in [1.54, 1.807) is 13.2 Å². The predicted octanol–water partition coefficient (Wildman–Crippen LogP) is 2.28. The Kier molecular flexibility index (Phi) is 2.56. The van der Waals surface area contributed by atoms with Crippen LogP contribution in [0.25, 0.3) is 11.4 Å².